The summed E-state index contributed by atoms with van der Waals surface area (Å²) in [5, 5.41) is 7.55. The fourth-order valence-electron chi connectivity index (χ4n) is 3.27. The number of amides is 1. The molecule has 0 aliphatic carbocycles. The van der Waals surface area contributed by atoms with E-state index >= 15 is 0 Å². The van der Waals surface area contributed by atoms with E-state index in [-0.39, 0.29) is 18.3 Å². The number of rotatable bonds is 7. The molecule has 7 heteroatoms. The van der Waals surface area contributed by atoms with Gasteiger partial charge in [0.25, 0.3) is 5.91 Å². The van der Waals surface area contributed by atoms with Crippen LogP contribution in [0.5, 0.6) is 5.75 Å². The number of aromatic nitrogens is 2. The zero-order chi connectivity index (χ0) is 21.8. The minimum Gasteiger partial charge on any atom is -0.486 e. The summed E-state index contributed by atoms with van der Waals surface area (Å²) in [7, 11) is 0. The van der Waals surface area contributed by atoms with Crippen LogP contribution in [-0.2, 0) is 13.2 Å². The molecule has 0 atom stereocenters. The van der Waals surface area contributed by atoms with E-state index in [2.05, 4.69) is 33.0 Å². The number of para-hydroxylation sites is 1. The molecular formula is C24H22IN3O3. The van der Waals surface area contributed by atoms with E-state index in [9.17, 15) is 4.79 Å². The van der Waals surface area contributed by atoms with Gasteiger partial charge >= 0.3 is 0 Å². The van der Waals surface area contributed by atoms with Crippen LogP contribution in [0.25, 0.3) is 5.69 Å². The SMILES string of the molecule is Cc1nn(-c2ccccc2)c(C)c1CNC(=O)c1ccc(COc2ccc(I)cc2)o1. The summed E-state index contributed by atoms with van der Waals surface area (Å²) in [6, 6.07) is 21.1. The van der Waals surface area contributed by atoms with E-state index in [0.29, 0.717) is 12.3 Å². The van der Waals surface area contributed by atoms with Gasteiger partial charge in [0.05, 0.1) is 11.4 Å². The molecule has 0 bridgehead atoms. The summed E-state index contributed by atoms with van der Waals surface area (Å²) < 4.78 is 14.4. The van der Waals surface area contributed by atoms with Crippen molar-refractivity contribution >= 4 is 28.5 Å². The van der Waals surface area contributed by atoms with Gasteiger partial charge in [-0.25, -0.2) is 4.68 Å². The first-order valence-electron chi connectivity index (χ1n) is 9.87. The summed E-state index contributed by atoms with van der Waals surface area (Å²) in [6.07, 6.45) is 0. The van der Waals surface area contributed by atoms with Crippen LogP contribution in [0.15, 0.2) is 71.1 Å². The van der Waals surface area contributed by atoms with Gasteiger partial charge in [0, 0.05) is 21.4 Å². The van der Waals surface area contributed by atoms with Crippen LogP contribution in [0.1, 0.15) is 33.3 Å². The highest BCUT2D eigenvalue weighted by molar-refractivity contribution is 14.1. The lowest BCUT2D eigenvalue weighted by atomic mass is 10.2. The summed E-state index contributed by atoms with van der Waals surface area (Å²) in [5.74, 6) is 1.33. The molecule has 4 aromatic rings. The highest BCUT2D eigenvalue weighted by Gasteiger charge is 2.16. The van der Waals surface area contributed by atoms with Crippen molar-refractivity contribution in [1.29, 1.82) is 0 Å². The Balaban J connectivity index is 1.37. The van der Waals surface area contributed by atoms with E-state index in [1.807, 2.05) is 73.1 Å². The molecule has 2 heterocycles. The fourth-order valence-corrected chi connectivity index (χ4v) is 3.63. The molecule has 2 aromatic heterocycles. The normalized spacial score (nSPS) is 10.8. The lowest BCUT2D eigenvalue weighted by molar-refractivity contribution is 0.0919. The molecule has 1 amide bonds. The highest BCUT2D eigenvalue weighted by atomic mass is 127. The van der Waals surface area contributed by atoms with Crippen LogP contribution in [0.4, 0.5) is 0 Å². The van der Waals surface area contributed by atoms with Crippen LogP contribution in [0, 0.1) is 17.4 Å². The van der Waals surface area contributed by atoms with Crippen LogP contribution in [0.2, 0.25) is 0 Å². The van der Waals surface area contributed by atoms with Gasteiger partial charge in [-0.3, -0.25) is 4.79 Å². The molecule has 158 valence electrons. The molecule has 1 N–H and O–H groups in total. The third-order valence-corrected chi connectivity index (χ3v) is 5.67. The van der Waals surface area contributed by atoms with Crippen molar-refractivity contribution in [1.82, 2.24) is 15.1 Å². The standard InChI is InChI=1S/C24H22IN3O3/c1-16-22(17(2)28(27-16)19-6-4-3-5-7-19)14-26-24(29)23-13-12-21(31-23)15-30-20-10-8-18(25)9-11-20/h3-13H,14-15H2,1-2H3,(H,26,29). The van der Waals surface area contributed by atoms with E-state index < -0.39 is 0 Å². The second kappa shape index (κ2) is 9.38. The number of benzene rings is 2. The Morgan fingerprint density at radius 2 is 1.81 bits per heavy atom. The first kappa shape index (κ1) is 21.2. The highest BCUT2D eigenvalue weighted by Crippen LogP contribution is 2.19. The number of hydrogen-bond donors (Lipinski definition) is 1. The van der Waals surface area contributed by atoms with Crippen LogP contribution < -0.4 is 10.1 Å². The van der Waals surface area contributed by atoms with E-state index in [4.69, 9.17) is 9.15 Å². The second-order valence-electron chi connectivity index (χ2n) is 7.09. The Kier molecular flexibility index (Phi) is 6.41. The first-order chi connectivity index (χ1) is 15.0. The third-order valence-electron chi connectivity index (χ3n) is 4.95. The van der Waals surface area contributed by atoms with Gasteiger partial charge in [-0.2, -0.15) is 5.10 Å². The molecule has 6 nitrogen and oxygen atoms in total. The summed E-state index contributed by atoms with van der Waals surface area (Å²) >= 11 is 2.24. The molecule has 0 aliphatic heterocycles. The van der Waals surface area contributed by atoms with Crippen molar-refractivity contribution in [2.24, 2.45) is 0 Å². The molecule has 0 saturated heterocycles. The summed E-state index contributed by atoms with van der Waals surface area (Å²) in [5.41, 5.74) is 3.86. The Morgan fingerprint density at radius 1 is 1.06 bits per heavy atom. The van der Waals surface area contributed by atoms with Crippen molar-refractivity contribution in [3.63, 3.8) is 0 Å². The van der Waals surface area contributed by atoms with Crippen molar-refractivity contribution in [2.75, 3.05) is 0 Å². The smallest absolute Gasteiger partial charge is 0.287 e. The summed E-state index contributed by atoms with van der Waals surface area (Å²) in [4.78, 5) is 12.6. The van der Waals surface area contributed by atoms with Gasteiger partial charge in [0.1, 0.15) is 18.1 Å². The van der Waals surface area contributed by atoms with Gasteiger partial charge in [-0.1, -0.05) is 18.2 Å². The molecule has 31 heavy (non-hydrogen) atoms. The molecular weight excluding hydrogens is 505 g/mol. The van der Waals surface area contributed by atoms with Crippen LogP contribution in [0.3, 0.4) is 0 Å². The molecule has 0 radical (unpaired) electrons. The number of hydrogen-bond acceptors (Lipinski definition) is 4. The molecule has 0 fully saturated rings. The number of nitrogens with one attached hydrogen (secondary N) is 1. The lowest BCUT2D eigenvalue weighted by Crippen LogP contribution is -2.23. The number of furan rings is 1. The van der Waals surface area contributed by atoms with Gasteiger partial charge < -0.3 is 14.5 Å². The molecule has 0 saturated carbocycles. The van der Waals surface area contributed by atoms with Crippen LogP contribution >= 0.6 is 22.6 Å². The Hall–Kier alpha value is -3.07. The number of halogens is 1. The van der Waals surface area contributed by atoms with Gasteiger partial charge in [0.15, 0.2) is 5.76 Å². The second-order valence-corrected chi connectivity index (χ2v) is 8.33. The van der Waals surface area contributed by atoms with Gasteiger partial charge in [0.2, 0.25) is 0 Å². The Bertz CT molecular complexity index is 1180. The van der Waals surface area contributed by atoms with Crippen molar-refractivity contribution in [3.8, 4) is 11.4 Å². The number of nitrogens with zero attached hydrogens (tertiary/aromatic N) is 2. The first-order valence-corrected chi connectivity index (χ1v) is 10.9. The number of ether oxygens (including phenoxy) is 1. The molecule has 0 unspecified atom stereocenters. The van der Waals surface area contributed by atoms with Crippen LogP contribution in [-0.4, -0.2) is 15.7 Å². The van der Waals surface area contributed by atoms with Crippen molar-refractivity contribution < 1.29 is 13.9 Å². The Morgan fingerprint density at radius 3 is 2.55 bits per heavy atom. The average molecular weight is 527 g/mol. The van der Waals surface area contributed by atoms with E-state index in [1.54, 1.807) is 12.1 Å². The maximum absolute atomic E-state index is 12.6. The zero-order valence-electron chi connectivity index (χ0n) is 17.3. The number of carbonyl (C=O) groups is 1. The van der Waals surface area contributed by atoms with Crippen molar-refractivity contribution in [3.05, 3.63) is 98.8 Å². The fraction of sp³-hybridized carbons (Fsp3) is 0.167. The average Bonchev–Trinajstić information content (AvgIpc) is 3.37. The van der Waals surface area contributed by atoms with Crippen molar-refractivity contribution in [2.45, 2.75) is 27.0 Å². The van der Waals surface area contributed by atoms with E-state index in [1.165, 1.54) is 0 Å². The topological polar surface area (TPSA) is 69.3 Å². The Labute approximate surface area is 194 Å². The lowest BCUT2D eigenvalue weighted by Gasteiger charge is -2.06. The number of carbonyl (C=O) groups excluding carboxylic acids is 1. The van der Waals surface area contributed by atoms with E-state index in [0.717, 1.165) is 32.0 Å². The third kappa shape index (κ3) is 4.99. The zero-order valence-corrected chi connectivity index (χ0v) is 19.4. The minimum absolute atomic E-state index is 0.256. The summed E-state index contributed by atoms with van der Waals surface area (Å²) in [6.45, 7) is 4.58. The largest absolute Gasteiger partial charge is 0.486 e. The number of aryl methyl sites for hydroxylation is 1. The van der Waals surface area contributed by atoms with Gasteiger partial charge in [-0.15, -0.1) is 0 Å². The quantitative estimate of drug-likeness (QED) is 0.336. The predicted octanol–water partition coefficient (Wildman–Crippen LogP) is 5.20. The predicted molar refractivity (Wildman–Crippen MR) is 126 cm³/mol. The van der Waals surface area contributed by atoms with Gasteiger partial charge in [-0.05, 0) is 85.0 Å². The monoisotopic (exact) mass is 527 g/mol. The maximum atomic E-state index is 12.6. The molecule has 4 rings (SSSR count). The molecule has 0 aliphatic rings. The minimum atomic E-state index is -0.272. The maximum Gasteiger partial charge on any atom is 0.287 e. The molecule has 2 aromatic carbocycles. The molecule has 0 spiro atoms.